The van der Waals surface area contributed by atoms with Gasteiger partial charge in [0, 0.05) is 0 Å². The average Bonchev–Trinajstić information content (AvgIpc) is 2.82. The third-order valence-electron chi connectivity index (χ3n) is 7.26. The van der Waals surface area contributed by atoms with Crippen LogP contribution in [0.3, 0.4) is 0 Å². The van der Waals surface area contributed by atoms with E-state index in [1.54, 1.807) is 5.56 Å². The first kappa shape index (κ1) is 14.4. The van der Waals surface area contributed by atoms with Gasteiger partial charge in [-0.15, -0.1) is 0 Å². The van der Waals surface area contributed by atoms with E-state index in [2.05, 4.69) is 32.6 Å². The Kier molecular flexibility index (Phi) is 3.18. The van der Waals surface area contributed by atoms with Crippen molar-refractivity contribution in [2.75, 3.05) is 0 Å². The topological polar surface area (TPSA) is 20.2 Å². The zero-order chi connectivity index (χ0) is 15.5. The number of aryl methyl sites for hydroxylation is 2. The molecule has 0 spiro atoms. The van der Waals surface area contributed by atoms with Gasteiger partial charge in [0.25, 0.3) is 0 Å². The molecule has 0 bridgehead atoms. The van der Waals surface area contributed by atoms with Crippen molar-refractivity contribution in [3.05, 3.63) is 41.0 Å². The summed E-state index contributed by atoms with van der Waals surface area (Å²) in [6.07, 6.45) is 8.58. The van der Waals surface area contributed by atoms with Crippen molar-refractivity contribution in [1.29, 1.82) is 0 Å². The lowest BCUT2D eigenvalue weighted by molar-refractivity contribution is 0.0816. The number of benzene rings is 1. The number of fused-ring (bicyclic) bond motifs is 5. The van der Waals surface area contributed by atoms with Gasteiger partial charge in [-0.2, -0.15) is 0 Å². The Morgan fingerprint density at radius 1 is 1.23 bits per heavy atom. The zero-order valence-corrected chi connectivity index (χ0v) is 14.0. The summed E-state index contributed by atoms with van der Waals surface area (Å²) in [7, 11) is 0. The van der Waals surface area contributed by atoms with E-state index in [-0.39, 0.29) is 0 Å². The quantitative estimate of drug-likeness (QED) is 0.691. The monoisotopic (exact) mass is 296 g/mol. The SMILES string of the molecule is C=C1CCC2[C@@H]3CCc4cc(O)c(CC)cc4[C@H]3CC[C@]12C. The molecule has 3 aliphatic carbocycles. The summed E-state index contributed by atoms with van der Waals surface area (Å²) < 4.78 is 0. The molecule has 0 aliphatic heterocycles. The molecule has 3 aliphatic rings. The molecule has 2 saturated carbocycles. The minimum absolute atomic E-state index is 0.406. The molecule has 1 unspecified atom stereocenters. The third kappa shape index (κ3) is 1.84. The van der Waals surface area contributed by atoms with Crippen LogP contribution < -0.4 is 0 Å². The molecule has 1 heteroatoms. The molecule has 2 fully saturated rings. The number of phenols is 1. The average molecular weight is 296 g/mol. The summed E-state index contributed by atoms with van der Waals surface area (Å²) in [5, 5.41) is 10.2. The Labute approximate surface area is 134 Å². The van der Waals surface area contributed by atoms with Crippen LogP contribution in [-0.2, 0) is 12.8 Å². The number of rotatable bonds is 1. The van der Waals surface area contributed by atoms with Gasteiger partial charge < -0.3 is 5.11 Å². The molecule has 0 heterocycles. The van der Waals surface area contributed by atoms with Crippen molar-refractivity contribution in [1.82, 2.24) is 0 Å². The Bertz CT molecular complexity index is 629. The van der Waals surface area contributed by atoms with Crippen LogP contribution >= 0.6 is 0 Å². The predicted molar refractivity (Wildman–Crippen MR) is 91.2 cm³/mol. The van der Waals surface area contributed by atoms with Gasteiger partial charge in [-0.25, -0.2) is 0 Å². The van der Waals surface area contributed by atoms with Crippen LogP contribution in [0.5, 0.6) is 5.75 Å². The van der Waals surface area contributed by atoms with Crippen molar-refractivity contribution in [2.24, 2.45) is 17.3 Å². The molecule has 118 valence electrons. The molecule has 4 atom stereocenters. The summed E-state index contributed by atoms with van der Waals surface area (Å²) in [6, 6.07) is 4.39. The van der Waals surface area contributed by atoms with Gasteiger partial charge in [0.05, 0.1) is 0 Å². The van der Waals surface area contributed by atoms with Crippen LogP contribution in [0.25, 0.3) is 0 Å². The Morgan fingerprint density at radius 2 is 2.05 bits per heavy atom. The van der Waals surface area contributed by atoms with Crippen molar-refractivity contribution in [3.8, 4) is 5.75 Å². The highest BCUT2D eigenvalue weighted by atomic mass is 16.3. The molecular formula is C21H28O. The molecule has 0 aromatic heterocycles. The molecule has 1 N–H and O–H groups in total. The number of phenolic OH excluding ortho intramolecular Hbond substituents is 1. The molecule has 1 aromatic rings. The second kappa shape index (κ2) is 4.88. The summed E-state index contributed by atoms with van der Waals surface area (Å²) in [5.41, 5.74) is 6.02. The molecule has 1 nitrogen and oxygen atoms in total. The normalized spacial score (nSPS) is 36.6. The highest BCUT2D eigenvalue weighted by molar-refractivity contribution is 5.46. The Morgan fingerprint density at radius 3 is 2.82 bits per heavy atom. The lowest BCUT2D eigenvalue weighted by Gasteiger charge is -2.49. The summed E-state index contributed by atoms with van der Waals surface area (Å²) in [4.78, 5) is 0. The largest absolute Gasteiger partial charge is 0.508 e. The fourth-order valence-corrected chi connectivity index (χ4v) is 5.85. The van der Waals surface area contributed by atoms with Crippen molar-refractivity contribution < 1.29 is 5.11 Å². The van der Waals surface area contributed by atoms with Crippen LogP contribution in [0.4, 0.5) is 0 Å². The number of aromatic hydroxyl groups is 1. The third-order valence-corrected chi connectivity index (χ3v) is 7.26. The zero-order valence-electron chi connectivity index (χ0n) is 14.0. The van der Waals surface area contributed by atoms with Crippen LogP contribution in [0.1, 0.15) is 68.6 Å². The fourth-order valence-electron chi connectivity index (χ4n) is 5.85. The van der Waals surface area contributed by atoms with Gasteiger partial charge in [0.15, 0.2) is 0 Å². The van der Waals surface area contributed by atoms with Crippen LogP contribution in [0.15, 0.2) is 24.3 Å². The van der Waals surface area contributed by atoms with E-state index in [1.807, 2.05) is 0 Å². The van der Waals surface area contributed by atoms with Gasteiger partial charge in [-0.3, -0.25) is 0 Å². The van der Waals surface area contributed by atoms with Gasteiger partial charge >= 0.3 is 0 Å². The maximum atomic E-state index is 10.2. The summed E-state index contributed by atoms with van der Waals surface area (Å²) >= 11 is 0. The lowest BCUT2D eigenvalue weighted by Crippen LogP contribution is -2.40. The van der Waals surface area contributed by atoms with E-state index in [9.17, 15) is 5.11 Å². The second-order valence-electron chi connectivity index (χ2n) is 8.05. The molecular weight excluding hydrogens is 268 g/mol. The summed E-state index contributed by atoms with van der Waals surface area (Å²) in [6.45, 7) is 9.02. The number of allylic oxidation sites excluding steroid dienone is 1. The first-order chi connectivity index (χ1) is 10.5. The van der Waals surface area contributed by atoms with E-state index >= 15 is 0 Å². The standard InChI is InChI=1S/C21H28O/c1-4-14-11-18-15(12-20(14)22)6-7-17-16(18)9-10-21(3)13(2)5-8-19(17)21/h11-12,16-17,19,22H,2,4-10H2,1,3H3/t16-,17+,19?,21+/m0/s1. The Balaban J connectivity index is 1.74. The van der Waals surface area contributed by atoms with E-state index in [1.165, 1.54) is 43.2 Å². The molecule has 0 saturated heterocycles. The van der Waals surface area contributed by atoms with Crippen LogP contribution in [0.2, 0.25) is 0 Å². The van der Waals surface area contributed by atoms with Crippen molar-refractivity contribution >= 4 is 0 Å². The molecule has 1 aromatic carbocycles. The molecule has 4 rings (SSSR count). The maximum Gasteiger partial charge on any atom is 0.119 e. The van der Waals surface area contributed by atoms with Gasteiger partial charge in [0.2, 0.25) is 0 Å². The number of hydrogen-bond donors (Lipinski definition) is 1. The second-order valence-corrected chi connectivity index (χ2v) is 8.05. The minimum Gasteiger partial charge on any atom is -0.508 e. The summed E-state index contributed by atoms with van der Waals surface area (Å²) in [5.74, 6) is 2.90. The molecule has 22 heavy (non-hydrogen) atoms. The highest BCUT2D eigenvalue weighted by Gasteiger charge is 2.51. The van der Waals surface area contributed by atoms with E-state index in [4.69, 9.17) is 0 Å². The number of hydrogen-bond acceptors (Lipinski definition) is 1. The van der Waals surface area contributed by atoms with E-state index in [0.717, 1.165) is 36.2 Å². The van der Waals surface area contributed by atoms with E-state index < -0.39 is 0 Å². The van der Waals surface area contributed by atoms with Gasteiger partial charge in [0.1, 0.15) is 5.75 Å². The maximum absolute atomic E-state index is 10.2. The lowest BCUT2D eigenvalue weighted by atomic mass is 9.55. The predicted octanol–water partition coefficient (Wildman–Crippen LogP) is 5.37. The van der Waals surface area contributed by atoms with Gasteiger partial charge in [-0.1, -0.05) is 32.1 Å². The molecule has 0 radical (unpaired) electrons. The first-order valence-corrected chi connectivity index (χ1v) is 9.07. The molecule has 0 amide bonds. The highest BCUT2D eigenvalue weighted by Crippen LogP contribution is 2.62. The van der Waals surface area contributed by atoms with Crippen molar-refractivity contribution in [2.45, 2.75) is 64.7 Å². The first-order valence-electron chi connectivity index (χ1n) is 9.07. The fraction of sp³-hybridized carbons (Fsp3) is 0.619. The minimum atomic E-state index is 0.406. The van der Waals surface area contributed by atoms with Crippen LogP contribution in [0, 0.1) is 17.3 Å². The van der Waals surface area contributed by atoms with Gasteiger partial charge in [-0.05, 0) is 90.9 Å². The van der Waals surface area contributed by atoms with Crippen molar-refractivity contribution in [3.63, 3.8) is 0 Å². The Hall–Kier alpha value is -1.24. The smallest absolute Gasteiger partial charge is 0.119 e. The van der Waals surface area contributed by atoms with Crippen LogP contribution in [-0.4, -0.2) is 5.11 Å². The van der Waals surface area contributed by atoms with E-state index in [0.29, 0.717) is 11.2 Å².